The van der Waals surface area contributed by atoms with Crippen molar-refractivity contribution in [2.75, 3.05) is 0 Å². The van der Waals surface area contributed by atoms with E-state index >= 15 is 0 Å². The number of aliphatic carboxylic acids is 2. The van der Waals surface area contributed by atoms with Gasteiger partial charge in [-0.3, -0.25) is 0 Å². The average molecular weight is 394 g/mol. The average Bonchev–Trinajstić information content (AvgIpc) is 2.40. The van der Waals surface area contributed by atoms with Crippen molar-refractivity contribution in [3.63, 3.8) is 0 Å². The Bertz CT molecular complexity index is 233. The van der Waals surface area contributed by atoms with E-state index in [0.717, 1.165) is 38.5 Å². The van der Waals surface area contributed by atoms with Crippen LogP contribution in [0.25, 0.3) is 0 Å². The normalized spacial score (nSPS) is 11.8. The number of carboxylic acid groups (broad SMARTS) is 2. The molecule has 2 atom stereocenters. The maximum atomic E-state index is 10.3. The number of hydrogen-bond acceptors (Lipinski definition) is 4. The van der Waals surface area contributed by atoms with Crippen molar-refractivity contribution in [3.05, 3.63) is 0 Å². The van der Waals surface area contributed by atoms with E-state index in [1.807, 2.05) is 13.8 Å². The summed E-state index contributed by atoms with van der Waals surface area (Å²) in [7, 11) is 0. The van der Waals surface area contributed by atoms with Gasteiger partial charge in [-0.05, 0) is 37.5 Å². The monoisotopic (exact) mass is 392 g/mol. The van der Waals surface area contributed by atoms with Crippen LogP contribution < -0.4 is 10.2 Å². The van der Waals surface area contributed by atoms with Crippen LogP contribution in [0, 0.1) is 11.8 Å². The molecule has 0 aromatic carbocycles. The molecule has 0 fully saturated rings. The summed E-state index contributed by atoms with van der Waals surface area (Å²) in [5.74, 6) is -2.23. The third kappa shape index (κ3) is 17.8. The van der Waals surface area contributed by atoms with E-state index in [-0.39, 0.29) is 43.5 Å². The molecule has 0 bridgehead atoms. The molecule has 5 nitrogen and oxygen atoms in total. The van der Waals surface area contributed by atoms with Gasteiger partial charge in [-0.1, -0.05) is 53.4 Å². The molecule has 0 saturated heterocycles. The first kappa shape index (κ1) is 29.8. The van der Waals surface area contributed by atoms with Gasteiger partial charge in [0.25, 0.3) is 0 Å². The summed E-state index contributed by atoms with van der Waals surface area (Å²) in [4.78, 5) is 20.7. The first-order valence-corrected chi connectivity index (χ1v) is 7.86. The molecular formula is C16H30O5Zr. The molecule has 0 aromatic heterocycles. The van der Waals surface area contributed by atoms with Crippen LogP contribution in [0.15, 0.2) is 0 Å². The zero-order valence-corrected chi connectivity index (χ0v) is 16.8. The molecule has 0 aliphatic rings. The Labute approximate surface area is 154 Å². The molecule has 0 N–H and O–H groups in total. The van der Waals surface area contributed by atoms with Gasteiger partial charge in [0, 0.05) is 11.9 Å². The van der Waals surface area contributed by atoms with E-state index in [4.69, 9.17) is 0 Å². The van der Waals surface area contributed by atoms with Crippen LogP contribution in [0.4, 0.5) is 0 Å². The number of unbranched alkanes of at least 4 members (excludes halogenated alkanes) is 2. The van der Waals surface area contributed by atoms with E-state index in [0.29, 0.717) is 12.8 Å². The quantitative estimate of drug-likeness (QED) is 0.563. The maximum absolute atomic E-state index is 10.3. The first-order valence-electron chi connectivity index (χ1n) is 7.86. The minimum Gasteiger partial charge on any atom is -2.00 e. The van der Waals surface area contributed by atoms with Gasteiger partial charge in [0.1, 0.15) is 0 Å². The second-order valence-electron chi connectivity index (χ2n) is 5.13. The zero-order valence-electron chi connectivity index (χ0n) is 14.4. The molecule has 6 heteroatoms. The zero-order chi connectivity index (χ0) is 16.0. The van der Waals surface area contributed by atoms with E-state index < -0.39 is 11.9 Å². The number of carbonyl (C=O) groups is 2. The first-order chi connectivity index (χ1) is 9.44. The van der Waals surface area contributed by atoms with Crippen molar-refractivity contribution in [1.29, 1.82) is 0 Å². The minimum absolute atomic E-state index is 0. The Morgan fingerprint density at radius 2 is 1.05 bits per heavy atom. The van der Waals surface area contributed by atoms with Crippen molar-refractivity contribution in [2.24, 2.45) is 11.8 Å². The van der Waals surface area contributed by atoms with E-state index in [1.165, 1.54) is 0 Å². The summed E-state index contributed by atoms with van der Waals surface area (Å²) in [5, 5.41) is 20.7. The van der Waals surface area contributed by atoms with Crippen LogP contribution in [-0.2, 0) is 41.3 Å². The Morgan fingerprint density at radius 3 is 1.18 bits per heavy atom. The molecule has 0 aliphatic heterocycles. The molecule has 0 aromatic rings. The molecule has 0 heterocycles. The second-order valence-corrected chi connectivity index (χ2v) is 5.13. The van der Waals surface area contributed by atoms with Gasteiger partial charge in [-0.2, -0.15) is 0 Å². The van der Waals surface area contributed by atoms with Gasteiger partial charge in [0.05, 0.1) is 0 Å². The topological polar surface area (TPSA) is 109 Å². The third-order valence-electron chi connectivity index (χ3n) is 3.46. The Kier molecular flexibility index (Phi) is 28.1. The predicted molar refractivity (Wildman–Crippen MR) is 77.3 cm³/mol. The number of carboxylic acids is 2. The molecule has 128 valence electrons. The van der Waals surface area contributed by atoms with Gasteiger partial charge >= 0.3 is 26.2 Å². The smallest absolute Gasteiger partial charge is 2.00 e. The largest absolute Gasteiger partial charge is 4.00 e. The summed E-state index contributed by atoms with van der Waals surface area (Å²) in [6.45, 7) is 7.89. The molecule has 0 rings (SSSR count). The van der Waals surface area contributed by atoms with Gasteiger partial charge in [0.15, 0.2) is 0 Å². The molecular weight excluding hydrogens is 363 g/mol. The Morgan fingerprint density at radius 1 is 0.773 bits per heavy atom. The molecule has 2 unspecified atom stereocenters. The second kappa shape index (κ2) is 20.8. The fraction of sp³-hybridized carbons (Fsp3) is 0.875. The predicted octanol–water partition coefficient (Wildman–Crippen LogP) is 1.78. The molecule has 0 amide bonds. The Hall–Kier alpha value is -0.217. The van der Waals surface area contributed by atoms with Gasteiger partial charge in [-0.15, -0.1) is 0 Å². The Balaban J connectivity index is -0.000000135. The number of carbonyl (C=O) groups excluding carboxylic acids is 2. The van der Waals surface area contributed by atoms with Crippen LogP contribution in [0.3, 0.4) is 0 Å². The van der Waals surface area contributed by atoms with E-state index in [2.05, 4.69) is 13.8 Å². The van der Waals surface area contributed by atoms with Gasteiger partial charge in [-0.25, -0.2) is 0 Å². The van der Waals surface area contributed by atoms with Gasteiger partial charge in [0.2, 0.25) is 0 Å². The van der Waals surface area contributed by atoms with Crippen LogP contribution in [-0.4, -0.2) is 11.9 Å². The standard InChI is InChI=1S/2C8H16O2.O.Zr/c2*1-3-5-6-7(4-2)8(9)10;;/h2*7H,3-6H2,1-2H3,(H,9,10);;/q;;-2;+4/p-2. The van der Waals surface area contributed by atoms with Gasteiger partial charge < -0.3 is 25.3 Å². The van der Waals surface area contributed by atoms with E-state index in [1.54, 1.807) is 0 Å². The summed E-state index contributed by atoms with van der Waals surface area (Å²) < 4.78 is 0. The summed E-state index contributed by atoms with van der Waals surface area (Å²) >= 11 is 0. The SMILES string of the molecule is CCCCC(CC)C(=O)[O-].CCCCC(CC)C(=O)[O-].[O-2].[Zr+4]. The van der Waals surface area contributed by atoms with Crippen LogP contribution >= 0.6 is 0 Å². The van der Waals surface area contributed by atoms with E-state index in [9.17, 15) is 19.8 Å². The summed E-state index contributed by atoms with van der Waals surface area (Å²) in [5.41, 5.74) is 0. The fourth-order valence-electron chi connectivity index (χ4n) is 1.88. The van der Waals surface area contributed by atoms with Crippen LogP contribution in [0.5, 0.6) is 0 Å². The number of hydrogen-bond donors (Lipinski definition) is 0. The number of rotatable bonds is 10. The third-order valence-corrected chi connectivity index (χ3v) is 3.46. The maximum Gasteiger partial charge on any atom is 4.00 e. The molecule has 0 radical (unpaired) electrons. The van der Waals surface area contributed by atoms with Crippen molar-refractivity contribution >= 4 is 11.9 Å². The fourth-order valence-corrected chi connectivity index (χ4v) is 1.88. The van der Waals surface area contributed by atoms with Crippen molar-refractivity contribution in [1.82, 2.24) is 0 Å². The molecule has 22 heavy (non-hydrogen) atoms. The summed E-state index contributed by atoms with van der Waals surface area (Å²) in [6, 6.07) is 0. The van der Waals surface area contributed by atoms with Crippen molar-refractivity contribution in [3.8, 4) is 0 Å². The molecule has 0 spiro atoms. The molecule has 0 saturated carbocycles. The summed E-state index contributed by atoms with van der Waals surface area (Å²) in [6.07, 6.45) is 7.04. The van der Waals surface area contributed by atoms with Crippen LogP contribution in [0.2, 0.25) is 0 Å². The van der Waals surface area contributed by atoms with Crippen molar-refractivity contribution < 1.29 is 51.5 Å². The molecule has 0 aliphatic carbocycles. The van der Waals surface area contributed by atoms with Crippen molar-refractivity contribution in [2.45, 2.75) is 79.1 Å². The van der Waals surface area contributed by atoms with Crippen LogP contribution in [0.1, 0.15) is 79.1 Å². The minimum atomic E-state index is -0.893.